The van der Waals surface area contributed by atoms with Gasteiger partial charge in [0.2, 0.25) is 11.8 Å². The maximum absolute atomic E-state index is 12.6. The summed E-state index contributed by atoms with van der Waals surface area (Å²) in [5.74, 6) is -1.16. The molecule has 0 aromatic heterocycles. The molecule has 0 bridgehead atoms. The van der Waals surface area contributed by atoms with Gasteiger partial charge in [-0.15, -0.1) is 0 Å². The van der Waals surface area contributed by atoms with E-state index in [1.54, 1.807) is 0 Å². The molecule has 2 N–H and O–H groups in total. The zero-order valence-corrected chi connectivity index (χ0v) is 9.47. The van der Waals surface area contributed by atoms with Crippen molar-refractivity contribution in [3.63, 3.8) is 0 Å². The predicted molar refractivity (Wildman–Crippen MR) is 58.8 cm³/mol. The van der Waals surface area contributed by atoms with Gasteiger partial charge in [-0.25, -0.2) is 0 Å². The molecule has 2 amide bonds. The topological polar surface area (TPSA) is 58.2 Å². The van der Waals surface area contributed by atoms with Gasteiger partial charge in [-0.05, 0) is 12.1 Å². The first-order valence-corrected chi connectivity index (χ1v) is 5.01. The summed E-state index contributed by atoms with van der Waals surface area (Å²) < 4.78 is 37.8. The lowest BCUT2D eigenvalue weighted by Crippen LogP contribution is -2.31. The molecule has 0 aliphatic carbocycles. The summed E-state index contributed by atoms with van der Waals surface area (Å²) >= 11 is 0. The Hall–Kier alpha value is -2.05. The summed E-state index contributed by atoms with van der Waals surface area (Å²) in [4.78, 5) is 21.9. The number of carbonyl (C=O) groups excluding carboxylic acids is 2. The minimum atomic E-state index is -4.54. The minimum absolute atomic E-state index is 0.333. The number of hydrogen-bond donors (Lipinski definition) is 2. The lowest BCUT2D eigenvalue weighted by molar-refractivity contribution is -0.137. The predicted octanol–water partition coefficient (Wildman–Crippen LogP) is 1.78. The Balaban J connectivity index is 2.79. The summed E-state index contributed by atoms with van der Waals surface area (Å²) in [6, 6.07) is 4.62. The number of halogens is 3. The van der Waals surface area contributed by atoms with E-state index in [-0.39, 0.29) is 12.2 Å². The van der Waals surface area contributed by atoms with Gasteiger partial charge in [0.25, 0.3) is 0 Å². The molecular formula is C11H11F3N2O2. The molecule has 1 rings (SSSR count). The van der Waals surface area contributed by atoms with E-state index in [9.17, 15) is 22.8 Å². The number of alkyl halides is 3. The Morgan fingerprint density at radius 1 is 1.22 bits per heavy atom. The first kappa shape index (κ1) is 14.0. The Morgan fingerprint density at radius 2 is 1.83 bits per heavy atom. The van der Waals surface area contributed by atoms with Crippen molar-refractivity contribution < 1.29 is 22.8 Å². The van der Waals surface area contributed by atoms with Crippen molar-refractivity contribution in [3.8, 4) is 0 Å². The molecule has 0 aliphatic rings. The first-order valence-electron chi connectivity index (χ1n) is 5.01. The van der Waals surface area contributed by atoms with Crippen LogP contribution in [-0.2, 0) is 15.8 Å². The lowest BCUT2D eigenvalue weighted by Gasteiger charge is -2.13. The molecule has 7 heteroatoms. The van der Waals surface area contributed by atoms with Gasteiger partial charge in [0, 0.05) is 6.92 Å². The average molecular weight is 260 g/mol. The highest BCUT2D eigenvalue weighted by atomic mass is 19.4. The quantitative estimate of drug-likeness (QED) is 0.870. The molecule has 0 spiro atoms. The molecule has 1 aromatic carbocycles. The van der Waals surface area contributed by atoms with Crippen LogP contribution < -0.4 is 10.6 Å². The van der Waals surface area contributed by atoms with Crippen molar-refractivity contribution in [2.75, 3.05) is 11.9 Å². The summed E-state index contributed by atoms with van der Waals surface area (Å²) in [6.07, 6.45) is -4.54. The lowest BCUT2D eigenvalue weighted by atomic mass is 10.1. The third kappa shape index (κ3) is 4.08. The van der Waals surface area contributed by atoms with Crippen LogP contribution >= 0.6 is 0 Å². The van der Waals surface area contributed by atoms with E-state index in [1.807, 2.05) is 0 Å². The highest BCUT2D eigenvalue weighted by molar-refractivity contribution is 5.94. The molecule has 18 heavy (non-hydrogen) atoms. The van der Waals surface area contributed by atoms with E-state index in [0.29, 0.717) is 0 Å². The minimum Gasteiger partial charge on any atom is -0.347 e. The largest absolute Gasteiger partial charge is 0.418 e. The Labute approximate surface area is 101 Å². The molecule has 0 heterocycles. The fourth-order valence-corrected chi connectivity index (χ4v) is 1.24. The first-order chi connectivity index (χ1) is 8.30. The summed E-state index contributed by atoms with van der Waals surface area (Å²) in [7, 11) is 0. The van der Waals surface area contributed by atoms with E-state index in [4.69, 9.17) is 0 Å². The van der Waals surface area contributed by atoms with Crippen LogP contribution in [-0.4, -0.2) is 18.4 Å². The zero-order valence-electron chi connectivity index (χ0n) is 9.47. The van der Waals surface area contributed by atoms with Crippen LogP contribution in [0.4, 0.5) is 18.9 Å². The molecule has 1 aromatic rings. The van der Waals surface area contributed by atoms with Gasteiger partial charge < -0.3 is 10.6 Å². The SMILES string of the molecule is CC(=O)NCC(=O)Nc1ccccc1C(F)(F)F. The molecule has 0 fully saturated rings. The molecule has 4 nitrogen and oxygen atoms in total. The second-order valence-corrected chi connectivity index (χ2v) is 3.50. The van der Waals surface area contributed by atoms with E-state index < -0.39 is 23.6 Å². The number of nitrogens with one attached hydrogen (secondary N) is 2. The number of rotatable bonds is 3. The van der Waals surface area contributed by atoms with Gasteiger partial charge in [-0.2, -0.15) is 13.2 Å². The average Bonchev–Trinajstić information content (AvgIpc) is 2.25. The molecule has 0 unspecified atom stereocenters. The Kier molecular flexibility index (Phi) is 4.30. The third-order valence-electron chi connectivity index (χ3n) is 2.00. The Morgan fingerprint density at radius 3 is 2.39 bits per heavy atom. The number of anilines is 1. The van der Waals surface area contributed by atoms with Crippen LogP contribution in [0.2, 0.25) is 0 Å². The van der Waals surface area contributed by atoms with Crippen molar-refractivity contribution >= 4 is 17.5 Å². The van der Waals surface area contributed by atoms with Gasteiger partial charge in [-0.3, -0.25) is 9.59 Å². The second-order valence-electron chi connectivity index (χ2n) is 3.50. The summed E-state index contributed by atoms with van der Waals surface area (Å²) in [5.41, 5.74) is -1.26. The van der Waals surface area contributed by atoms with Crippen LogP contribution in [0.1, 0.15) is 12.5 Å². The van der Waals surface area contributed by atoms with Gasteiger partial charge >= 0.3 is 6.18 Å². The van der Waals surface area contributed by atoms with Crippen LogP contribution in [0.15, 0.2) is 24.3 Å². The van der Waals surface area contributed by atoms with Crippen molar-refractivity contribution in [3.05, 3.63) is 29.8 Å². The fraction of sp³-hybridized carbons (Fsp3) is 0.273. The van der Waals surface area contributed by atoms with Gasteiger partial charge in [-0.1, -0.05) is 12.1 Å². The van der Waals surface area contributed by atoms with Gasteiger partial charge in [0.05, 0.1) is 17.8 Å². The number of para-hydroxylation sites is 1. The van der Waals surface area contributed by atoms with Crippen LogP contribution in [0.3, 0.4) is 0 Å². The second kappa shape index (κ2) is 5.52. The molecule has 0 saturated heterocycles. The molecule has 0 saturated carbocycles. The monoisotopic (exact) mass is 260 g/mol. The maximum atomic E-state index is 12.6. The highest BCUT2D eigenvalue weighted by Gasteiger charge is 2.33. The van der Waals surface area contributed by atoms with E-state index in [2.05, 4.69) is 10.6 Å². The van der Waals surface area contributed by atoms with E-state index in [1.165, 1.54) is 19.1 Å². The Bertz CT molecular complexity index is 458. The maximum Gasteiger partial charge on any atom is 0.418 e. The van der Waals surface area contributed by atoms with Crippen LogP contribution in [0.5, 0.6) is 0 Å². The number of amides is 2. The number of carbonyl (C=O) groups is 2. The smallest absolute Gasteiger partial charge is 0.347 e. The van der Waals surface area contributed by atoms with Crippen LogP contribution in [0.25, 0.3) is 0 Å². The van der Waals surface area contributed by atoms with Gasteiger partial charge in [0.15, 0.2) is 0 Å². The fourth-order valence-electron chi connectivity index (χ4n) is 1.24. The number of hydrogen-bond acceptors (Lipinski definition) is 2. The molecule has 0 radical (unpaired) electrons. The molecule has 98 valence electrons. The zero-order chi connectivity index (χ0) is 13.8. The van der Waals surface area contributed by atoms with E-state index >= 15 is 0 Å². The van der Waals surface area contributed by atoms with Gasteiger partial charge in [0.1, 0.15) is 0 Å². The standard InChI is InChI=1S/C11H11F3N2O2/c1-7(17)15-6-10(18)16-9-5-3-2-4-8(9)11(12,13)14/h2-5H,6H2,1H3,(H,15,17)(H,16,18). The number of benzene rings is 1. The van der Waals surface area contributed by atoms with Crippen molar-refractivity contribution in [1.29, 1.82) is 0 Å². The van der Waals surface area contributed by atoms with Crippen molar-refractivity contribution in [2.45, 2.75) is 13.1 Å². The van der Waals surface area contributed by atoms with E-state index in [0.717, 1.165) is 12.1 Å². The molecular weight excluding hydrogens is 249 g/mol. The summed E-state index contributed by atoms with van der Waals surface area (Å²) in [5, 5.41) is 4.29. The summed E-state index contributed by atoms with van der Waals surface area (Å²) in [6.45, 7) is 0.832. The van der Waals surface area contributed by atoms with Crippen molar-refractivity contribution in [2.24, 2.45) is 0 Å². The normalized spacial score (nSPS) is 10.9. The third-order valence-corrected chi connectivity index (χ3v) is 2.00. The van der Waals surface area contributed by atoms with Crippen LogP contribution in [0, 0.1) is 0 Å². The highest BCUT2D eigenvalue weighted by Crippen LogP contribution is 2.34. The van der Waals surface area contributed by atoms with Crippen molar-refractivity contribution in [1.82, 2.24) is 5.32 Å². The molecule has 0 atom stereocenters. The molecule has 0 aliphatic heterocycles.